The summed E-state index contributed by atoms with van der Waals surface area (Å²) in [5.41, 5.74) is 2.46. The Balaban J connectivity index is 1.52. The van der Waals surface area contributed by atoms with E-state index in [2.05, 4.69) is 25.6 Å². The molecular formula is C22H20N6O3. The Bertz CT molecular complexity index is 1190. The van der Waals surface area contributed by atoms with E-state index in [1.54, 1.807) is 49.4 Å². The van der Waals surface area contributed by atoms with Crippen LogP contribution in [0.2, 0.25) is 0 Å². The number of amides is 1. The van der Waals surface area contributed by atoms with E-state index in [9.17, 15) is 4.79 Å². The number of aromatic nitrogens is 5. The van der Waals surface area contributed by atoms with Gasteiger partial charge >= 0.3 is 0 Å². The fraction of sp³-hybridized carbons (Fsp3) is 0.136. The summed E-state index contributed by atoms with van der Waals surface area (Å²) in [5, 5.41) is 10.9. The zero-order valence-electron chi connectivity index (χ0n) is 17.0. The quantitative estimate of drug-likeness (QED) is 0.493. The van der Waals surface area contributed by atoms with Gasteiger partial charge in [0.15, 0.2) is 17.3 Å². The van der Waals surface area contributed by atoms with E-state index >= 15 is 0 Å². The lowest BCUT2D eigenvalue weighted by molar-refractivity contribution is 0.102. The molecule has 1 N–H and O–H groups in total. The molecule has 0 atom stereocenters. The molecule has 1 amide bonds. The number of hydrogen-bond acceptors (Lipinski definition) is 7. The predicted molar refractivity (Wildman–Crippen MR) is 113 cm³/mol. The van der Waals surface area contributed by atoms with Gasteiger partial charge in [-0.05, 0) is 48.9 Å². The van der Waals surface area contributed by atoms with Crippen molar-refractivity contribution in [2.75, 3.05) is 12.4 Å². The predicted octanol–water partition coefficient (Wildman–Crippen LogP) is 3.21. The van der Waals surface area contributed by atoms with Gasteiger partial charge in [-0.1, -0.05) is 11.3 Å². The van der Waals surface area contributed by atoms with Crippen LogP contribution in [0, 0.1) is 6.92 Å². The third-order valence-electron chi connectivity index (χ3n) is 4.55. The van der Waals surface area contributed by atoms with Crippen LogP contribution in [0.5, 0.6) is 11.5 Å². The minimum Gasteiger partial charge on any atom is -0.497 e. The van der Waals surface area contributed by atoms with Crippen LogP contribution in [0.3, 0.4) is 0 Å². The summed E-state index contributed by atoms with van der Waals surface area (Å²) in [4.78, 5) is 21.1. The molecule has 0 saturated heterocycles. The van der Waals surface area contributed by atoms with Crippen LogP contribution in [0.25, 0.3) is 5.69 Å². The van der Waals surface area contributed by atoms with Gasteiger partial charge in [-0.2, -0.15) is 0 Å². The smallest absolute Gasteiger partial charge is 0.279 e. The van der Waals surface area contributed by atoms with E-state index in [-0.39, 0.29) is 5.69 Å². The highest BCUT2D eigenvalue weighted by Gasteiger charge is 2.19. The highest BCUT2D eigenvalue weighted by Crippen LogP contribution is 2.23. The van der Waals surface area contributed by atoms with Gasteiger partial charge in [-0.3, -0.25) is 9.78 Å². The Morgan fingerprint density at radius 2 is 1.94 bits per heavy atom. The SMILES string of the molecule is COc1cccc(-n2nnc(C(=O)Nc3ncccc3OCc3ccncc3)c2C)c1. The molecule has 156 valence electrons. The maximum atomic E-state index is 12.9. The molecule has 0 radical (unpaired) electrons. The zero-order chi connectivity index (χ0) is 21.6. The Morgan fingerprint density at radius 3 is 2.74 bits per heavy atom. The van der Waals surface area contributed by atoms with Gasteiger partial charge < -0.3 is 14.8 Å². The normalized spacial score (nSPS) is 10.5. The van der Waals surface area contributed by atoms with Crippen LogP contribution in [-0.2, 0) is 6.61 Å². The van der Waals surface area contributed by atoms with Crippen LogP contribution < -0.4 is 14.8 Å². The van der Waals surface area contributed by atoms with Crippen LogP contribution in [0.1, 0.15) is 21.7 Å². The number of ether oxygens (including phenoxy) is 2. The van der Waals surface area contributed by atoms with Crippen LogP contribution in [0.4, 0.5) is 5.82 Å². The number of benzene rings is 1. The van der Waals surface area contributed by atoms with Gasteiger partial charge in [0.25, 0.3) is 5.91 Å². The molecule has 0 aliphatic rings. The summed E-state index contributed by atoms with van der Waals surface area (Å²) in [6.45, 7) is 2.09. The molecule has 3 aromatic heterocycles. The van der Waals surface area contributed by atoms with Crippen LogP contribution in [0.15, 0.2) is 67.1 Å². The first-order chi connectivity index (χ1) is 15.2. The van der Waals surface area contributed by atoms with E-state index in [1.165, 1.54) is 0 Å². The number of carbonyl (C=O) groups excluding carboxylic acids is 1. The van der Waals surface area contributed by atoms with Gasteiger partial charge in [-0.25, -0.2) is 9.67 Å². The number of anilines is 1. The second-order valence-corrected chi connectivity index (χ2v) is 6.59. The molecule has 0 saturated carbocycles. The standard InChI is InChI=1S/C22H20N6O3/c1-15-20(26-27-28(15)17-5-3-6-18(13-17)30-2)22(29)25-21-19(7-4-10-24-21)31-14-16-8-11-23-12-9-16/h3-13H,14H2,1-2H3,(H,24,25,29). The third-order valence-corrected chi connectivity index (χ3v) is 4.55. The van der Waals surface area contributed by atoms with Crippen molar-refractivity contribution in [3.8, 4) is 17.2 Å². The zero-order valence-corrected chi connectivity index (χ0v) is 17.0. The number of methoxy groups -OCH3 is 1. The fourth-order valence-electron chi connectivity index (χ4n) is 2.93. The molecule has 0 unspecified atom stereocenters. The van der Waals surface area contributed by atoms with Crippen molar-refractivity contribution in [3.63, 3.8) is 0 Å². The van der Waals surface area contributed by atoms with E-state index in [0.29, 0.717) is 29.6 Å². The summed E-state index contributed by atoms with van der Waals surface area (Å²) >= 11 is 0. The van der Waals surface area contributed by atoms with Gasteiger partial charge in [0.05, 0.1) is 18.5 Å². The molecule has 4 rings (SSSR count). The monoisotopic (exact) mass is 416 g/mol. The Morgan fingerprint density at radius 1 is 1.10 bits per heavy atom. The minimum atomic E-state index is -0.431. The summed E-state index contributed by atoms with van der Waals surface area (Å²) < 4.78 is 12.7. The molecule has 9 heteroatoms. The van der Waals surface area contributed by atoms with Crippen molar-refractivity contribution in [2.24, 2.45) is 0 Å². The topological polar surface area (TPSA) is 104 Å². The highest BCUT2D eigenvalue weighted by atomic mass is 16.5. The first-order valence-corrected chi connectivity index (χ1v) is 9.50. The summed E-state index contributed by atoms with van der Waals surface area (Å²) in [7, 11) is 1.59. The molecule has 1 aromatic carbocycles. The Kier molecular flexibility index (Phi) is 5.84. The molecule has 4 aromatic rings. The van der Waals surface area contributed by atoms with E-state index < -0.39 is 5.91 Å². The molecule has 0 aliphatic carbocycles. The number of nitrogens with zero attached hydrogens (tertiary/aromatic N) is 5. The van der Waals surface area contributed by atoms with E-state index in [0.717, 1.165) is 11.3 Å². The second-order valence-electron chi connectivity index (χ2n) is 6.59. The Hall–Kier alpha value is -4.27. The van der Waals surface area contributed by atoms with Gasteiger partial charge in [0.2, 0.25) is 0 Å². The summed E-state index contributed by atoms with van der Waals surface area (Å²) in [6, 6.07) is 14.5. The van der Waals surface area contributed by atoms with Crippen molar-refractivity contribution in [1.82, 2.24) is 25.0 Å². The molecule has 3 heterocycles. The number of nitrogens with one attached hydrogen (secondary N) is 1. The van der Waals surface area contributed by atoms with E-state index in [4.69, 9.17) is 9.47 Å². The van der Waals surface area contributed by atoms with Crippen molar-refractivity contribution in [2.45, 2.75) is 13.5 Å². The van der Waals surface area contributed by atoms with Crippen molar-refractivity contribution < 1.29 is 14.3 Å². The number of carbonyl (C=O) groups is 1. The molecule has 0 fully saturated rings. The van der Waals surface area contributed by atoms with Crippen molar-refractivity contribution in [1.29, 1.82) is 0 Å². The lowest BCUT2D eigenvalue weighted by atomic mass is 10.2. The highest BCUT2D eigenvalue weighted by molar-refractivity contribution is 6.03. The lowest BCUT2D eigenvalue weighted by Gasteiger charge is -2.11. The van der Waals surface area contributed by atoms with Crippen LogP contribution in [-0.4, -0.2) is 38.0 Å². The maximum absolute atomic E-state index is 12.9. The molecule has 0 aliphatic heterocycles. The first kappa shape index (κ1) is 20.0. The molecule has 9 nitrogen and oxygen atoms in total. The summed E-state index contributed by atoms with van der Waals surface area (Å²) in [6.07, 6.45) is 4.97. The third kappa shape index (κ3) is 4.50. The number of pyridine rings is 2. The second kappa shape index (κ2) is 9.04. The minimum absolute atomic E-state index is 0.188. The summed E-state index contributed by atoms with van der Waals surface area (Å²) in [5.74, 6) is 1.00. The molecular weight excluding hydrogens is 396 g/mol. The van der Waals surface area contributed by atoms with Crippen molar-refractivity contribution >= 4 is 11.7 Å². The first-order valence-electron chi connectivity index (χ1n) is 9.50. The Labute approximate surface area is 178 Å². The number of rotatable bonds is 7. The number of hydrogen-bond donors (Lipinski definition) is 1. The molecule has 0 bridgehead atoms. The van der Waals surface area contributed by atoms with Gasteiger partial charge in [0, 0.05) is 24.7 Å². The lowest BCUT2D eigenvalue weighted by Crippen LogP contribution is -2.16. The van der Waals surface area contributed by atoms with Crippen molar-refractivity contribution in [3.05, 3.63) is 84.1 Å². The molecule has 0 spiro atoms. The largest absolute Gasteiger partial charge is 0.497 e. The van der Waals surface area contributed by atoms with Gasteiger partial charge in [-0.15, -0.1) is 5.10 Å². The van der Waals surface area contributed by atoms with Gasteiger partial charge in [0.1, 0.15) is 12.4 Å². The average Bonchev–Trinajstić information content (AvgIpc) is 3.20. The fourth-order valence-corrected chi connectivity index (χ4v) is 2.93. The molecule has 31 heavy (non-hydrogen) atoms. The maximum Gasteiger partial charge on any atom is 0.279 e. The van der Waals surface area contributed by atoms with Crippen LogP contribution >= 0.6 is 0 Å². The van der Waals surface area contributed by atoms with E-state index in [1.807, 2.05) is 36.4 Å². The average molecular weight is 416 g/mol.